The lowest BCUT2D eigenvalue weighted by atomic mass is 10.0. The van der Waals surface area contributed by atoms with Gasteiger partial charge in [0, 0.05) is 50.1 Å². The summed E-state index contributed by atoms with van der Waals surface area (Å²) in [6.45, 7) is 7.89. The Morgan fingerprint density at radius 1 is 0.980 bits per heavy atom. The van der Waals surface area contributed by atoms with E-state index < -0.39 is 34.1 Å². The van der Waals surface area contributed by atoms with Gasteiger partial charge in [-0.1, -0.05) is 24.6 Å². The number of nitrogens with one attached hydrogen (secondary N) is 2. The van der Waals surface area contributed by atoms with E-state index in [1.807, 2.05) is 20.8 Å². The number of benzene rings is 3. The van der Waals surface area contributed by atoms with Gasteiger partial charge in [-0.05, 0) is 82.5 Å². The second-order valence-corrected chi connectivity index (χ2v) is 15.3. The van der Waals surface area contributed by atoms with Crippen LogP contribution in [-0.2, 0) is 14.8 Å². The number of nitrogens with zero attached hydrogens (tertiary/aromatic N) is 2. The highest BCUT2D eigenvalue weighted by molar-refractivity contribution is 7.89. The number of urea groups is 1. The van der Waals surface area contributed by atoms with Crippen molar-refractivity contribution in [3.63, 3.8) is 0 Å². The molecule has 3 aromatic carbocycles. The minimum absolute atomic E-state index is 0.0650. The lowest BCUT2D eigenvalue weighted by Crippen LogP contribution is -2.48. The minimum Gasteiger partial charge on any atom is -0.490 e. The molecule has 3 N–H and O–H groups in total. The summed E-state index contributed by atoms with van der Waals surface area (Å²) in [5.74, 6) is 0.717. The molecule has 3 amide bonds. The third-order valence-corrected chi connectivity index (χ3v) is 10.9. The molecule has 2 heterocycles. The van der Waals surface area contributed by atoms with Crippen LogP contribution in [0.3, 0.4) is 0 Å². The van der Waals surface area contributed by atoms with Crippen molar-refractivity contribution in [2.24, 2.45) is 5.92 Å². The van der Waals surface area contributed by atoms with Crippen LogP contribution in [0.25, 0.3) is 0 Å². The monoisotopic (exact) mass is 724 g/mol. The van der Waals surface area contributed by atoms with Gasteiger partial charge in [-0.25, -0.2) is 13.2 Å². The number of carbonyl (C=O) groups is 2. The zero-order chi connectivity index (χ0) is 36.7. The smallest absolute Gasteiger partial charge is 0.323 e. The number of amides is 3. The van der Waals surface area contributed by atoms with Crippen LogP contribution >= 0.6 is 0 Å². The molecule has 0 bridgehead atoms. The number of anilines is 2. The Morgan fingerprint density at radius 2 is 1.65 bits per heavy atom. The van der Waals surface area contributed by atoms with Gasteiger partial charge in [-0.2, -0.15) is 4.31 Å². The Balaban J connectivity index is 1.39. The van der Waals surface area contributed by atoms with Gasteiger partial charge in [0.05, 0.1) is 35.3 Å². The number of fused-ring (bicyclic) bond motifs is 2. The SMILES string of the molecule is Cc1ccc(S(=O)(=O)N(C)C[C@H]2OCCCC[C@H](C)Oc3ccc(NC(=O)Nc4ccc5c(c4)OCO5)cc3C(=O)N([C@@H](C)CO)C[C@@H]2C)cc1. The molecule has 5 rings (SSSR count). The molecule has 4 atom stereocenters. The van der Waals surface area contributed by atoms with Crippen LogP contribution in [0.4, 0.5) is 16.2 Å². The maximum atomic E-state index is 14.4. The van der Waals surface area contributed by atoms with Gasteiger partial charge in [0.25, 0.3) is 5.91 Å². The van der Waals surface area contributed by atoms with Crippen molar-refractivity contribution < 1.29 is 42.1 Å². The van der Waals surface area contributed by atoms with Crippen LogP contribution in [0, 0.1) is 12.8 Å². The van der Waals surface area contributed by atoms with Gasteiger partial charge >= 0.3 is 6.03 Å². The van der Waals surface area contributed by atoms with Gasteiger partial charge in [-0.15, -0.1) is 0 Å². The molecule has 51 heavy (non-hydrogen) atoms. The minimum atomic E-state index is -3.80. The van der Waals surface area contributed by atoms with E-state index in [4.69, 9.17) is 18.9 Å². The van der Waals surface area contributed by atoms with E-state index in [0.717, 1.165) is 18.4 Å². The third-order valence-electron chi connectivity index (χ3n) is 9.11. The fourth-order valence-corrected chi connectivity index (χ4v) is 7.16. The average molecular weight is 725 g/mol. The molecule has 14 heteroatoms. The molecule has 0 spiro atoms. The number of hydrogen-bond acceptors (Lipinski definition) is 9. The first kappa shape index (κ1) is 37.9. The number of sulfonamides is 1. The van der Waals surface area contributed by atoms with Gasteiger partial charge in [0.15, 0.2) is 11.5 Å². The average Bonchev–Trinajstić information content (AvgIpc) is 3.57. The molecular formula is C37H48N4O9S. The summed E-state index contributed by atoms with van der Waals surface area (Å²) in [4.78, 5) is 29.2. The fraction of sp³-hybridized carbons (Fsp3) is 0.459. The van der Waals surface area contributed by atoms with Crippen molar-refractivity contribution in [3.8, 4) is 17.2 Å². The fourth-order valence-electron chi connectivity index (χ4n) is 5.97. The first-order chi connectivity index (χ1) is 24.3. The van der Waals surface area contributed by atoms with Crippen molar-refractivity contribution in [2.45, 2.75) is 70.1 Å². The molecule has 13 nitrogen and oxygen atoms in total. The van der Waals surface area contributed by atoms with Crippen molar-refractivity contribution in [2.75, 3.05) is 50.8 Å². The summed E-state index contributed by atoms with van der Waals surface area (Å²) in [6.07, 6.45) is 1.41. The predicted octanol–water partition coefficient (Wildman–Crippen LogP) is 5.48. The van der Waals surface area contributed by atoms with E-state index in [-0.39, 0.29) is 49.0 Å². The standard InChI is InChI=1S/C37H48N4O9S/c1-24-9-13-30(14-10-24)51(45,46)40(5)21-35-25(2)20-41(26(3)22-42)36(43)31-18-28(11-15-32(31)50-27(4)8-6-7-17-47-35)38-37(44)39-29-12-16-33-34(19-29)49-23-48-33/h9-16,18-19,25-27,35,42H,6-8,17,20-23H2,1-5H3,(H2,38,39,44)/t25-,26-,27-,35+/m0/s1. The Bertz CT molecular complexity index is 1790. The van der Waals surface area contributed by atoms with Crippen molar-refractivity contribution in [1.82, 2.24) is 9.21 Å². The van der Waals surface area contributed by atoms with E-state index in [2.05, 4.69) is 10.6 Å². The first-order valence-corrected chi connectivity index (χ1v) is 18.6. The van der Waals surface area contributed by atoms with E-state index >= 15 is 0 Å². The molecule has 3 aromatic rings. The highest BCUT2D eigenvalue weighted by atomic mass is 32.2. The number of aliphatic hydroxyl groups excluding tert-OH is 1. The molecule has 2 aliphatic heterocycles. The molecule has 0 aliphatic carbocycles. The summed E-state index contributed by atoms with van der Waals surface area (Å²) < 4.78 is 51.6. The molecule has 0 saturated carbocycles. The summed E-state index contributed by atoms with van der Waals surface area (Å²) in [5, 5.41) is 15.8. The molecule has 2 aliphatic rings. The number of aliphatic hydroxyl groups is 1. The quantitative estimate of drug-likeness (QED) is 0.274. The lowest BCUT2D eigenvalue weighted by molar-refractivity contribution is -0.00834. The second kappa shape index (κ2) is 16.8. The van der Waals surface area contributed by atoms with Gasteiger partial charge in [-0.3, -0.25) is 4.79 Å². The zero-order valence-corrected chi connectivity index (χ0v) is 30.6. The van der Waals surface area contributed by atoms with Gasteiger partial charge < -0.3 is 39.6 Å². The van der Waals surface area contributed by atoms with E-state index in [1.54, 1.807) is 72.5 Å². The van der Waals surface area contributed by atoms with Crippen LogP contribution in [0.2, 0.25) is 0 Å². The van der Waals surface area contributed by atoms with Crippen LogP contribution in [0.5, 0.6) is 17.2 Å². The molecule has 0 saturated heterocycles. The van der Waals surface area contributed by atoms with E-state index in [1.165, 1.54) is 11.4 Å². The van der Waals surface area contributed by atoms with Crippen LogP contribution in [0.1, 0.15) is 56.0 Å². The van der Waals surface area contributed by atoms with Gasteiger partial charge in [0.2, 0.25) is 16.8 Å². The second-order valence-electron chi connectivity index (χ2n) is 13.3. The maximum Gasteiger partial charge on any atom is 0.323 e. The maximum absolute atomic E-state index is 14.4. The Hall–Kier alpha value is -4.37. The molecular weight excluding hydrogens is 676 g/mol. The number of hydrogen-bond donors (Lipinski definition) is 3. The number of likely N-dealkylation sites (N-methyl/N-ethyl adjacent to an activating group) is 1. The molecule has 0 fully saturated rings. The number of carbonyl (C=O) groups excluding carboxylic acids is 2. The predicted molar refractivity (Wildman–Crippen MR) is 193 cm³/mol. The molecule has 0 radical (unpaired) electrons. The van der Waals surface area contributed by atoms with E-state index in [9.17, 15) is 23.1 Å². The Kier molecular flexibility index (Phi) is 12.5. The summed E-state index contributed by atoms with van der Waals surface area (Å²) in [5.41, 5.74) is 2.01. The molecule has 276 valence electrons. The van der Waals surface area contributed by atoms with Crippen LogP contribution in [-0.4, -0.2) is 93.1 Å². The first-order valence-electron chi connectivity index (χ1n) is 17.2. The lowest BCUT2D eigenvalue weighted by Gasteiger charge is -2.35. The third kappa shape index (κ3) is 9.50. The number of ether oxygens (including phenoxy) is 4. The largest absolute Gasteiger partial charge is 0.490 e. The Morgan fingerprint density at radius 3 is 2.35 bits per heavy atom. The normalized spacial score (nSPS) is 20.6. The number of aryl methyl sites for hydroxylation is 1. The van der Waals surface area contributed by atoms with Crippen molar-refractivity contribution in [3.05, 3.63) is 71.8 Å². The molecule has 0 unspecified atom stereocenters. The summed E-state index contributed by atoms with van der Waals surface area (Å²) in [6, 6.07) is 15.5. The highest BCUT2D eigenvalue weighted by Crippen LogP contribution is 2.34. The van der Waals surface area contributed by atoms with Crippen molar-refractivity contribution in [1.29, 1.82) is 0 Å². The summed E-state index contributed by atoms with van der Waals surface area (Å²) >= 11 is 0. The van der Waals surface area contributed by atoms with Crippen molar-refractivity contribution >= 4 is 33.3 Å². The molecule has 0 aromatic heterocycles. The van der Waals surface area contributed by atoms with Crippen LogP contribution in [0.15, 0.2) is 65.6 Å². The zero-order valence-electron chi connectivity index (χ0n) is 29.8. The topological polar surface area (TPSA) is 156 Å². The van der Waals surface area contributed by atoms with Gasteiger partial charge in [0.1, 0.15) is 5.75 Å². The number of rotatable bonds is 8. The highest BCUT2D eigenvalue weighted by Gasteiger charge is 2.32. The van der Waals surface area contributed by atoms with E-state index in [0.29, 0.717) is 41.7 Å². The summed E-state index contributed by atoms with van der Waals surface area (Å²) in [7, 11) is -2.27. The van der Waals surface area contributed by atoms with Crippen LogP contribution < -0.4 is 24.8 Å². The Labute approximate surface area is 299 Å².